The topological polar surface area (TPSA) is 29.5 Å². The number of methoxy groups -OCH3 is 1. The van der Waals surface area contributed by atoms with Gasteiger partial charge in [0.1, 0.15) is 5.75 Å². The van der Waals surface area contributed by atoms with Crippen molar-refractivity contribution in [3.05, 3.63) is 29.3 Å². The van der Waals surface area contributed by atoms with E-state index in [1.807, 2.05) is 12.1 Å². The standard InChI is InChI=1S/C12H14O2/c1-14-10-4-5-11-8(6-10)2-3-9-7-12(9,11)13/h4-6,9,13H,2-3,7H2,1H3. The molecule has 0 bridgehead atoms. The lowest BCUT2D eigenvalue weighted by Gasteiger charge is -2.21. The van der Waals surface area contributed by atoms with Crippen molar-refractivity contribution in [1.29, 1.82) is 0 Å². The summed E-state index contributed by atoms with van der Waals surface area (Å²) in [6.45, 7) is 0. The van der Waals surface area contributed by atoms with Crippen LogP contribution in [0.5, 0.6) is 5.75 Å². The smallest absolute Gasteiger partial charge is 0.119 e. The van der Waals surface area contributed by atoms with E-state index < -0.39 is 5.60 Å². The lowest BCUT2D eigenvalue weighted by atomic mass is 9.89. The summed E-state index contributed by atoms with van der Waals surface area (Å²) in [5.41, 5.74) is 1.91. The first-order chi connectivity index (χ1) is 6.74. The summed E-state index contributed by atoms with van der Waals surface area (Å²) < 4.78 is 5.18. The largest absolute Gasteiger partial charge is 0.497 e. The number of ether oxygens (including phenoxy) is 1. The number of aliphatic hydroxyl groups is 1. The summed E-state index contributed by atoms with van der Waals surface area (Å²) in [5, 5.41) is 10.2. The third kappa shape index (κ3) is 0.947. The van der Waals surface area contributed by atoms with Crippen molar-refractivity contribution >= 4 is 0 Å². The Morgan fingerprint density at radius 1 is 1.50 bits per heavy atom. The molecule has 0 spiro atoms. The van der Waals surface area contributed by atoms with Crippen LogP contribution in [0.2, 0.25) is 0 Å². The highest BCUT2D eigenvalue weighted by Gasteiger charge is 2.56. The van der Waals surface area contributed by atoms with Gasteiger partial charge >= 0.3 is 0 Å². The number of rotatable bonds is 1. The summed E-state index contributed by atoms with van der Waals surface area (Å²) in [4.78, 5) is 0. The molecule has 2 nitrogen and oxygen atoms in total. The molecule has 2 aliphatic rings. The zero-order valence-electron chi connectivity index (χ0n) is 8.29. The molecule has 2 heteroatoms. The van der Waals surface area contributed by atoms with Crippen LogP contribution in [0.15, 0.2) is 18.2 Å². The number of benzene rings is 1. The molecule has 1 N–H and O–H groups in total. The van der Waals surface area contributed by atoms with E-state index >= 15 is 0 Å². The minimum absolute atomic E-state index is 0.486. The normalized spacial score (nSPS) is 33.1. The van der Waals surface area contributed by atoms with Crippen LogP contribution in [-0.2, 0) is 12.0 Å². The van der Waals surface area contributed by atoms with Crippen molar-refractivity contribution in [2.75, 3.05) is 7.11 Å². The van der Waals surface area contributed by atoms with Gasteiger partial charge in [-0.25, -0.2) is 0 Å². The molecule has 0 aromatic heterocycles. The van der Waals surface area contributed by atoms with E-state index in [4.69, 9.17) is 4.74 Å². The Hall–Kier alpha value is -1.02. The van der Waals surface area contributed by atoms with Crippen LogP contribution < -0.4 is 4.74 Å². The lowest BCUT2D eigenvalue weighted by Crippen LogP contribution is -2.16. The van der Waals surface area contributed by atoms with Crippen molar-refractivity contribution < 1.29 is 9.84 Å². The summed E-state index contributed by atoms with van der Waals surface area (Å²) in [6.07, 6.45) is 3.16. The first kappa shape index (κ1) is 8.30. The van der Waals surface area contributed by atoms with Crippen LogP contribution in [0, 0.1) is 5.92 Å². The molecule has 1 aromatic rings. The molecular weight excluding hydrogens is 176 g/mol. The molecule has 2 unspecified atom stereocenters. The fourth-order valence-corrected chi connectivity index (χ4v) is 2.64. The van der Waals surface area contributed by atoms with Gasteiger partial charge in [0, 0.05) is 0 Å². The fourth-order valence-electron chi connectivity index (χ4n) is 2.64. The summed E-state index contributed by atoms with van der Waals surface area (Å²) in [6, 6.07) is 6.02. The second-order valence-corrected chi connectivity index (χ2v) is 4.39. The van der Waals surface area contributed by atoms with E-state index in [1.165, 1.54) is 5.56 Å². The lowest BCUT2D eigenvalue weighted by molar-refractivity contribution is 0.122. The van der Waals surface area contributed by atoms with Crippen LogP contribution >= 0.6 is 0 Å². The quantitative estimate of drug-likeness (QED) is 0.732. The Morgan fingerprint density at radius 3 is 3.14 bits per heavy atom. The van der Waals surface area contributed by atoms with Gasteiger partial charge in [-0.3, -0.25) is 0 Å². The maximum Gasteiger partial charge on any atom is 0.119 e. The first-order valence-electron chi connectivity index (χ1n) is 5.14. The van der Waals surface area contributed by atoms with Crippen molar-refractivity contribution in [3.63, 3.8) is 0 Å². The Kier molecular flexibility index (Phi) is 1.49. The molecule has 0 heterocycles. The number of fused-ring (bicyclic) bond motifs is 3. The average Bonchev–Trinajstić information content (AvgIpc) is 2.89. The molecule has 1 saturated carbocycles. The Balaban J connectivity index is 2.09. The van der Waals surface area contributed by atoms with E-state index in [1.54, 1.807) is 7.11 Å². The molecule has 2 atom stereocenters. The third-order valence-corrected chi connectivity index (χ3v) is 3.61. The highest BCUT2D eigenvalue weighted by atomic mass is 16.5. The zero-order chi connectivity index (χ0) is 9.76. The van der Waals surface area contributed by atoms with Crippen molar-refractivity contribution in [1.82, 2.24) is 0 Å². The highest BCUT2D eigenvalue weighted by Crippen LogP contribution is 2.58. The Morgan fingerprint density at radius 2 is 2.36 bits per heavy atom. The average molecular weight is 190 g/mol. The zero-order valence-corrected chi connectivity index (χ0v) is 8.29. The number of aryl methyl sites for hydroxylation is 1. The van der Waals surface area contributed by atoms with Gasteiger partial charge in [-0.1, -0.05) is 6.07 Å². The summed E-state index contributed by atoms with van der Waals surface area (Å²) in [5.74, 6) is 1.41. The second-order valence-electron chi connectivity index (χ2n) is 4.39. The Bertz CT molecular complexity index is 386. The molecule has 2 aliphatic carbocycles. The van der Waals surface area contributed by atoms with Gasteiger partial charge in [0.05, 0.1) is 12.7 Å². The van der Waals surface area contributed by atoms with Gasteiger partial charge in [0.15, 0.2) is 0 Å². The molecule has 0 aliphatic heterocycles. The van der Waals surface area contributed by atoms with E-state index in [0.29, 0.717) is 5.92 Å². The molecule has 1 fully saturated rings. The van der Waals surface area contributed by atoms with Crippen molar-refractivity contribution in [3.8, 4) is 5.75 Å². The molecule has 14 heavy (non-hydrogen) atoms. The first-order valence-corrected chi connectivity index (χ1v) is 5.14. The van der Waals surface area contributed by atoms with Gasteiger partial charge in [0.25, 0.3) is 0 Å². The predicted octanol–water partition coefficient (Wildman–Crippen LogP) is 1.85. The van der Waals surface area contributed by atoms with E-state index in [2.05, 4.69) is 6.07 Å². The fraction of sp³-hybridized carbons (Fsp3) is 0.500. The Labute approximate surface area is 83.5 Å². The molecule has 0 saturated heterocycles. The minimum atomic E-state index is -0.486. The second kappa shape index (κ2) is 2.51. The summed E-state index contributed by atoms with van der Waals surface area (Å²) >= 11 is 0. The van der Waals surface area contributed by atoms with E-state index in [-0.39, 0.29) is 0 Å². The molecular formula is C12H14O2. The SMILES string of the molecule is COc1ccc2c(c1)CCC1CC21O. The van der Waals surface area contributed by atoms with Crippen LogP contribution in [0.4, 0.5) is 0 Å². The summed E-state index contributed by atoms with van der Waals surface area (Å²) in [7, 11) is 1.68. The van der Waals surface area contributed by atoms with Gasteiger partial charge in [-0.15, -0.1) is 0 Å². The molecule has 0 radical (unpaired) electrons. The van der Waals surface area contributed by atoms with Gasteiger partial charge in [-0.05, 0) is 48.4 Å². The monoisotopic (exact) mass is 190 g/mol. The van der Waals surface area contributed by atoms with Crippen molar-refractivity contribution in [2.24, 2.45) is 5.92 Å². The van der Waals surface area contributed by atoms with Crippen LogP contribution in [-0.4, -0.2) is 12.2 Å². The van der Waals surface area contributed by atoms with Crippen LogP contribution in [0.1, 0.15) is 24.0 Å². The van der Waals surface area contributed by atoms with Crippen molar-refractivity contribution in [2.45, 2.75) is 24.9 Å². The maximum absolute atomic E-state index is 10.2. The maximum atomic E-state index is 10.2. The molecule has 3 rings (SSSR count). The molecule has 74 valence electrons. The third-order valence-electron chi connectivity index (χ3n) is 3.61. The predicted molar refractivity (Wildman–Crippen MR) is 53.3 cm³/mol. The van der Waals surface area contributed by atoms with Crippen LogP contribution in [0.25, 0.3) is 0 Å². The van der Waals surface area contributed by atoms with E-state index in [0.717, 1.165) is 30.6 Å². The van der Waals surface area contributed by atoms with Crippen LogP contribution in [0.3, 0.4) is 0 Å². The molecule has 1 aromatic carbocycles. The highest BCUT2D eigenvalue weighted by molar-refractivity contribution is 5.44. The van der Waals surface area contributed by atoms with Gasteiger partial charge < -0.3 is 9.84 Å². The number of hydrogen-bond acceptors (Lipinski definition) is 2. The van der Waals surface area contributed by atoms with Gasteiger partial charge in [0.2, 0.25) is 0 Å². The van der Waals surface area contributed by atoms with E-state index in [9.17, 15) is 5.11 Å². The number of hydrogen-bond donors (Lipinski definition) is 1. The minimum Gasteiger partial charge on any atom is -0.497 e. The molecule has 0 amide bonds. The van der Waals surface area contributed by atoms with Gasteiger partial charge in [-0.2, -0.15) is 0 Å².